The Balaban J connectivity index is 1.83. The molecule has 172 valence electrons. The van der Waals surface area contributed by atoms with Gasteiger partial charge in [0.15, 0.2) is 0 Å². The van der Waals surface area contributed by atoms with Crippen molar-refractivity contribution >= 4 is 20.1 Å². The third-order valence-corrected chi connectivity index (χ3v) is 7.86. The Hall–Kier alpha value is -1.17. The Morgan fingerprint density at radius 1 is 1.00 bits per heavy atom. The third-order valence-electron chi connectivity index (χ3n) is 5.43. The van der Waals surface area contributed by atoms with E-state index >= 15 is 0 Å². The molecule has 1 saturated carbocycles. The van der Waals surface area contributed by atoms with Gasteiger partial charge in [0.2, 0.25) is 10.0 Å². The molecule has 0 aromatic heterocycles. The largest absolute Gasteiger partial charge is 0.416 e. The zero-order valence-electron chi connectivity index (χ0n) is 17.1. The van der Waals surface area contributed by atoms with Gasteiger partial charge in [0.1, 0.15) is 0 Å². The van der Waals surface area contributed by atoms with Gasteiger partial charge in [-0.3, -0.25) is 4.18 Å². The molecule has 1 aromatic rings. The van der Waals surface area contributed by atoms with Crippen molar-refractivity contribution in [1.82, 2.24) is 4.31 Å². The van der Waals surface area contributed by atoms with Gasteiger partial charge in [-0.2, -0.15) is 21.6 Å². The highest BCUT2D eigenvalue weighted by atomic mass is 32.2. The van der Waals surface area contributed by atoms with Crippen LogP contribution in [0.15, 0.2) is 29.2 Å². The molecule has 1 aliphatic carbocycles. The van der Waals surface area contributed by atoms with Gasteiger partial charge in [0.25, 0.3) is 10.1 Å². The van der Waals surface area contributed by atoms with Crippen LogP contribution >= 0.6 is 0 Å². The van der Waals surface area contributed by atoms with E-state index in [0.29, 0.717) is 18.9 Å². The predicted molar refractivity (Wildman–Crippen MR) is 107 cm³/mol. The Morgan fingerprint density at radius 2 is 1.53 bits per heavy atom. The molecule has 0 amide bonds. The molecule has 1 aliphatic rings. The van der Waals surface area contributed by atoms with Crippen molar-refractivity contribution in [3.63, 3.8) is 0 Å². The Morgan fingerprint density at radius 3 is 2.03 bits per heavy atom. The van der Waals surface area contributed by atoms with Crippen molar-refractivity contribution in [2.75, 3.05) is 26.5 Å². The molecule has 0 aliphatic heterocycles. The van der Waals surface area contributed by atoms with Crippen LogP contribution in [-0.4, -0.2) is 47.6 Å². The Kier molecular flexibility index (Phi) is 8.34. The topological polar surface area (TPSA) is 80.8 Å². The molecule has 2 rings (SSSR count). The summed E-state index contributed by atoms with van der Waals surface area (Å²) in [4.78, 5) is -0.155. The average molecular weight is 472 g/mol. The van der Waals surface area contributed by atoms with Crippen LogP contribution in [0.3, 0.4) is 0 Å². The minimum absolute atomic E-state index is 0.155. The minimum atomic E-state index is -4.51. The van der Waals surface area contributed by atoms with Gasteiger partial charge in [-0.05, 0) is 61.8 Å². The third kappa shape index (κ3) is 7.51. The van der Waals surface area contributed by atoms with E-state index in [4.69, 9.17) is 4.18 Å². The van der Waals surface area contributed by atoms with Crippen molar-refractivity contribution in [2.24, 2.45) is 11.8 Å². The first-order chi connectivity index (χ1) is 13.8. The van der Waals surface area contributed by atoms with E-state index in [1.807, 2.05) is 0 Å². The SMILES string of the molecule is CN(CC1CCC(CCCOS(C)(=O)=O)CC1)S(=O)(=O)c1ccc(C(F)(F)F)cc1. The lowest BCUT2D eigenvalue weighted by Crippen LogP contribution is -2.33. The Labute approximate surface area is 176 Å². The van der Waals surface area contributed by atoms with Gasteiger partial charge >= 0.3 is 6.18 Å². The summed E-state index contributed by atoms with van der Waals surface area (Å²) < 4.78 is 91.2. The number of nitrogens with zero attached hydrogens (tertiary/aromatic N) is 1. The molecule has 0 unspecified atom stereocenters. The number of halogens is 3. The quantitative estimate of drug-likeness (QED) is 0.403. The summed E-state index contributed by atoms with van der Waals surface area (Å²) in [6, 6.07) is 3.53. The number of benzene rings is 1. The van der Waals surface area contributed by atoms with E-state index in [1.54, 1.807) is 0 Å². The predicted octanol–water partition coefficient (Wildman–Crippen LogP) is 3.89. The fraction of sp³-hybridized carbons (Fsp3) is 0.684. The zero-order chi connectivity index (χ0) is 22.6. The summed E-state index contributed by atoms with van der Waals surface area (Å²) in [5.41, 5.74) is -0.885. The number of rotatable bonds is 9. The van der Waals surface area contributed by atoms with Gasteiger partial charge in [0.05, 0.1) is 23.3 Å². The van der Waals surface area contributed by atoms with E-state index < -0.39 is 31.9 Å². The van der Waals surface area contributed by atoms with E-state index in [1.165, 1.54) is 11.4 Å². The second-order valence-corrected chi connectivity index (χ2v) is 11.6. The lowest BCUT2D eigenvalue weighted by Gasteiger charge is -2.31. The highest BCUT2D eigenvalue weighted by Gasteiger charge is 2.32. The molecule has 11 heteroatoms. The molecule has 0 bridgehead atoms. The van der Waals surface area contributed by atoms with Crippen LogP contribution in [0.4, 0.5) is 13.2 Å². The van der Waals surface area contributed by atoms with Crippen LogP contribution in [0.25, 0.3) is 0 Å². The van der Waals surface area contributed by atoms with Gasteiger partial charge in [-0.15, -0.1) is 0 Å². The van der Waals surface area contributed by atoms with Crippen molar-refractivity contribution < 1.29 is 34.2 Å². The van der Waals surface area contributed by atoms with Crippen molar-refractivity contribution in [2.45, 2.75) is 49.6 Å². The number of alkyl halides is 3. The molecule has 0 N–H and O–H groups in total. The van der Waals surface area contributed by atoms with Crippen molar-refractivity contribution in [3.05, 3.63) is 29.8 Å². The summed E-state index contributed by atoms with van der Waals surface area (Å²) in [6.07, 6.45) is 1.59. The molecule has 1 fully saturated rings. The molecule has 1 aromatic carbocycles. The van der Waals surface area contributed by atoms with Crippen molar-refractivity contribution in [3.8, 4) is 0 Å². The van der Waals surface area contributed by atoms with Crippen LogP contribution in [0.1, 0.15) is 44.1 Å². The first kappa shape index (κ1) is 25.1. The molecular formula is C19H28F3NO5S2. The molecular weight excluding hydrogens is 443 g/mol. The fourth-order valence-electron chi connectivity index (χ4n) is 3.74. The van der Waals surface area contributed by atoms with E-state index in [9.17, 15) is 30.0 Å². The lowest BCUT2D eigenvalue weighted by atomic mass is 9.80. The summed E-state index contributed by atoms with van der Waals surface area (Å²) in [6.45, 7) is 0.486. The number of hydrogen-bond donors (Lipinski definition) is 0. The summed E-state index contributed by atoms with van der Waals surface area (Å²) in [5.74, 6) is 0.643. The highest BCUT2D eigenvalue weighted by molar-refractivity contribution is 7.89. The van der Waals surface area contributed by atoms with Gasteiger partial charge in [0, 0.05) is 13.6 Å². The van der Waals surface area contributed by atoms with Crippen LogP contribution in [0, 0.1) is 11.8 Å². The first-order valence-electron chi connectivity index (χ1n) is 9.77. The van der Waals surface area contributed by atoms with E-state index in [2.05, 4.69) is 0 Å². The average Bonchev–Trinajstić information content (AvgIpc) is 2.65. The summed E-state index contributed by atoms with van der Waals surface area (Å²) >= 11 is 0. The van der Waals surface area contributed by atoms with Crippen LogP contribution in [-0.2, 0) is 30.5 Å². The Bertz CT molecular complexity index is 891. The monoisotopic (exact) mass is 471 g/mol. The number of hydrogen-bond acceptors (Lipinski definition) is 5. The highest BCUT2D eigenvalue weighted by Crippen LogP contribution is 2.33. The maximum Gasteiger partial charge on any atom is 0.416 e. The maximum absolute atomic E-state index is 12.7. The molecule has 6 nitrogen and oxygen atoms in total. The van der Waals surface area contributed by atoms with Gasteiger partial charge in [-0.1, -0.05) is 12.8 Å². The van der Waals surface area contributed by atoms with Crippen molar-refractivity contribution in [1.29, 1.82) is 0 Å². The van der Waals surface area contributed by atoms with Crippen LogP contribution < -0.4 is 0 Å². The van der Waals surface area contributed by atoms with E-state index in [0.717, 1.165) is 62.6 Å². The second-order valence-electron chi connectivity index (χ2n) is 7.86. The molecule has 0 spiro atoms. The summed E-state index contributed by atoms with van der Waals surface area (Å²) in [5, 5.41) is 0. The summed E-state index contributed by atoms with van der Waals surface area (Å²) in [7, 11) is -5.82. The smallest absolute Gasteiger partial charge is 0.270 e. The molecule has 0 heterocycles. The first-order valence-corrected chi connectivity index (χ1v) is 13.0. The van der Waals surface area contributed by atoms with E-state index in [-0.39, 0.29) is 17.4 Å². The number of sulfonamides is 1. The fourth-order valence-corrected chi connectivity index (χ4v) is 5.41. The minimum Gasteiger partial charge on any atom is -0.270 e. The molecule has 30 heavy (non-hydrogen) atoms. The van der Waals surface area contributed by atoms with Gasteiger partial charge < -0.3 is 0 Å². The zero-order valence-corrected chi connectivity index (χ0v) is 18.7. The second kappa shape index (κ2) is 9.97. The van der Waals surface area contributed by atoms with Crippen LogP contribution in [0.2, 0.25) is 0 Å². The van der Waals surface area contributed by atoms with Crippen LogP contribution in [0.5, 0.6) is 0 Å². The standard InChI is InChI=1S/C19H28F3NO5S2/c1-23(30(26,27)18-11-9-17(10-12-18)19(20,21)22)14-16-7-5-15(6-8-16)4-3-13-28-29(2,24)25/h9-12,15-16H,3-8,13-14H2,1-2H3. The lowest BCUT2D eigenvalue weighted by molar-refractivity contribution is -0.137. The normalized spacial score (nSPS) is 21.1. The molecule has 0 saturated heterocycles. The molecule has 0 atom stereocenters. The molecule has 0 radical (unpaired) electrons. The maximum atomic E-state index is 12.7. The van der Waals surface area contributed by atoms with Gasteiger partial charge in [-0.25, -0.2) is 12.7 Å².